The Morgan fingerprint density at radius 3 is 2.43 bits per heavy atom. The van der Waals surface area contributed by atoms with Crippen molar-refractivity contribution >= 4 is 11.8 Å². The van der Waals surface area contributed by atoms with Gasteiger partial charge in [0, 0.05) is 25.7 Å². The smallest absolute Gasteiger partial charge is 0.225 e. The topological polar surface area (TPSA) is 81.4 Å². The highest BCUT2D eigenvalue weighted by atomic mass is 16.5. The number of benzene rings is 1. The zero-order valence-corrected chi connectivity index (χ0v) is 13.3. The van der Waals surface area contributed by atoms with E-state index in [1.807, 2.05) is 18.2 Å². The number of hydrogen-bond acceptors (Lipinski definition) is 3. The molecule has 2 aliphatic rings. The lowest BCUT2D eigenvalue weighted by atomic mass is 9.71. The minimum Gasteiger partial charge on any atom is -0.381 e. The van der Waals surface area contributed by atoms with Crippen LogP contribution in [0.25, 0.3) is 0 Å². The third kappa shape index (κ3) is 3.39. The van der Waals surface area contributed by atoms with Crippen molar-refractivity contribution in [2.45, 2.75) is 31.6 Å². The van der Waals surface area contributed by atoms with Gasteiger partial charge < -0.3 is 15.8 Å². The van der Waals surface area contributed by atoms with Gasteiger partial charge >= 0.3 is 0 Å². The molecule has 0 unspecified atom stereocenters. The van der Waals surface area contributed by atoms with Gasteiger partial charge in [0.05, 0.1) is 5.41 Å². The first-order valence-electron chi connectivity index (χ1n) is 8.31. The Morgan fingerprint density at radius 1 is 1.17 bits per heavy atom. The number of rotatable bonds is 5. The number of hydrogen-bond donors (Lipinski definition) is 2. The molecular formula is C18H24N2O3. The van der Waals surface area contributed by atoms with Gasteiger partial charge in [-0.05, 0) is 37.2 Å². The molecule has 124 valence electrons. The first kappa shape index (κ1) is 16.0. The van der Waals surface area contributed by atoms with Gasteiger partial charge in [0.15, 0.2) is 0 Å². The van der Waals surface area contributed by atoms with E-state index in [0.717, 1.165) is 12.8 Å². The standard InChI is InChI=1S/C18H24N2O3/c19-17(22)18(6-8-23-9-7-18)12-20-16(21)15-10-14(11-15)13-4-2-1-3-5-13/h1-5,14-15H,6-12H2,(H2,19,22)(H,20,21). The molecule has 1 aliphatic carbocycles. The third-order valence-corrected chi connectivity index (χ3v) is 5.35. The third-order valence-electron chi connectivity index (χ3n) is 5.35. The van der Waals surface area contributed by atoms with Crippen molar-refractivity contribution in [2.75, 3.05) is 19.8 Å². The maximum absolute atomic E-state index is 12.3. The molecule has 0 bridgehead atoms. The van der Waals surface area contributed by atoms with Crippen molar-refractivity contribution in [1.29, 1.82) is 0 Å². The van der Waals surface area contributed by atoms with E-state index in [-0.39, 0.29) is 17.7 Å². The quantitative estimate of drug-likeness (QED) is 0.865. The van der Waals surface area contributed by atoms with E-state index in [9.17, 15) is 9.59 Å². The first-order chi connectivity index (χ1) is 11.1. The Kier molecular flexibility index (Phi) is 4.66. The number of ether oxygens (including phenoxy) is 1. The highest BCUT2D eigenvalue weighted by Crippen LogP contribution is 2.41. The van der Waals surface area contributed by atoms with E-state index in [1.54, 1.807) is 0 Å². The Balaban J connectivity index is 1.50. The molecule has 0 spiro atoms. The molecule has 5 heteroatoms. The minimum absolute atomic E-state index is 0.0456. The lowest BCUT2D eigenvalue weighted by molar-refractivity contribution is -0.135. The van der Waals surface area contributed by atoms with Gasteiger partial charge in [-0.15, -0.1) is 0 Å². The number of primary amides is 1. The zero-order chi connectivity index (χ0) is 16.3. The Bertz CT molecular complexity index is 561. The van der Waals surface area contributed by atoms with Gasteiger partial charge in [-0.1, -0.05) is 30.3 Å². The van der Waals surface area contributed by atoms with Crippen molar-refractivity contribution in [2.24, 2.45) is 17.1 Å². The van der Waals surface area contributed by atoms with Crippen LogP contribution in [0.4, 0.5) is 0 Å². The molecule has 3 N–H and O–H groups in total. The summed E-state index contributed by atoms with van der Waals surface area (Å²) in [7, 11) is 0. The molecule has 3 rings (SSSR count). The van der Waals surface area contributed by atoms with Crippen molar-refractivity contribution in [1.82, 2.24) is 5.32 Å². The minimum atomic E-state index is -0.642. The van der Waals surface area contributed by atoms with Gasteiger partial charge in [-0.3, -0.25) is 9.59 Å². The lowest BCUT2D eigenvalue weighted by Gasteiger charge is -2.37. The van der Waals surface area contributed by atoms with Crippen LogP contribution < -0.4 is 11.1 Å². The first-order valence-corrected chi connectivity index (χ1v) is 8.31. The molecule has 0 aromatic heterocycles. The predicted molar refractivity (Wildman–Crippen MR) is 86.6 cm³/mol. The zero-order valence-electron chi connectivity index (χ0n) is 13.3. The fourth-order valence-electron chi connectivity index (χ4n) is 3.50. The predicted octanol–water partition coefficient (Wildman–Crippen LogP) is 1.58. The monoisotopic (exact) mass is 316 g/mol. The largest absolute Gasteiger partial charge is 0.381 e. The molecule has 1 saturated carbocycles. The summed E-state index contributed by atoms with van der Waals surface area (Å²) < 4.78 is 5.30. The lowest BCUT2D eigenvalue weighted by Crippen LogP contribution is -2.51. The summed E-state index contributed by atoms with van der Waals surface area (Å²) in [4.78, 5) is 24.1. The van der Waals surface area contributed by atoms with Gasteiger partial charge in [0.1, 0.15) is 0 Å². The van der Waals surface area contributed by atoms with Crippen molar-refractivity contribution in [3.05, 3.63) is 35.9 Å². The molecule has 0 atom stereocenters. The normalized spacial score (nSPS) is 26.1. The van der Waals surface area contributed by atoms with Crippen molar-refractivity contribution in [3.63, 3.8) is 0 Å². The summed E-state index contributed by atoms with van der Waals surface area (Å²) in [5.41, 5.74) is 6.22. The van der Waals surface area contributed by atoms with Crippen LogP contribution in [-0.4, -0.2) is 31.6 Å². The molecule has 23 heavy (non-hydrogen) atoms. The summed E-state index contributed by atoms with van der Waals surface area (Å²) in [6.07, 6.45) is 2.92. The number of carbonyl (C=O) groups is 2. The van der Waals surface area contributed by atoms with E-state index in [2.05, 4.69) is 17.4 Å². The summed E-state index contributed by atoms with van der Waals surface area (Å²) >= 11 is 0. The van der Waals surface area contributed by atoms with E-state index < -0.39 is 5.41 Å². The molecular weight excluding hydrogens is 292 g/mol. The van der Waals surface area contributed by atoms with Crippen LogP contribution in [0.1, 0.15) is 37.2 Å². The fourth-order valence-corrected chi connectivity index (χ4v) is 3.50. The Labute approximate surface area is 136 Å². The molecule has 0 radical (unpaired) electrons. The second-order valence-corrected chi connectivity index (χ2v) is 6.75. The molecule has 1 aromatic rings. The van der Waals surface area contributed by atoms with Crippen LogP contribution in [0.5, 0.6) is 0 Å². The van der Waals surface area contributed by atoms with E-state index in [0.29, 0.717) is 38.5 Å². The van der Waals surface area contributed by atoms with E-state index in [1.165, 1.54) is 5.56 Å². The van der Waals surface area contributed by atoms with E-state index >= 15 is 0 Å². The van der Waals surface area contributed by atoms with Crippen LogP contribution in [0.2, 0.25) is 0 Å². The maximum Gasteiger partial charge on any atom is 0.225 e. The van der Waals surface area contributed by atoms with Crippen LogP contribution in [0.15, 0.2) is 30.3 Å². The average Bonchev–Trinajstić information content (AvgIpc) is 2.53. The van der Waals surface area contributed by atoms with Crippen LogP contribution in [0.3, 0.4) is 0 Å². The maximum atomic E-state index is 12.3. The molecule has 1 aromatic carbocycles. The fraction of sp³-hybridized carbons (Fsp3) is 0.556. The Morgan fingerprint density at radius 2 is 1.83 bits per heavy atom. The highest BCUT2D eigenvalue weighted by molar-refractivity contribution is 5.84. The van der Waals surface area contributed by atoms with Crippen LogP contribution in [0, 0.1) is 11.3 Å². The molecule has 2 amide bonds. The van der Waals surface area contributed by atoms with Crippen LogP contribution >= 0.6 is 0 Å². The number of nitrogens with two attached hydrogens (primary N) is 1. The Hall–Kier alpha value is -1.88. The molecule has 2 fully saturated rings. The molecule has 1 saturated heterocycles. The second kappa shape index (κ2) is 6.71. The average molecular weight is 316 g/mol. The SMILES string of the molecule is NC(=O)C1(CNC(=O)C2CC(c3ccccc3)C2)CCOCC1. The molecule has 1 heterocycles. The highest BCUT2D eigenvalue weighted by Gasteiger charge is 2.40. The van der Waals surface area contributed by atoms with Crippen molar-refractivity contribution in [3.8, 4) is 0 Å². The number of amides is 2. The van der Waals surface area contributed by atoms with Gasteiger partial charge in [-0.2, -0.15) is 0 Å². The molecule has 1 aliphatic heterocycles. The number of nitrogens with one attached hydrogen (secondary N) is 1. The summed E-state index contributed by atoms with van der Waals surface area (Å²) in [6, 6.07) is 10.3. The summed E-state index contributed by atoms with van der Waals surface area (Å²) in [5, 5.41) is 2.95. The summed E-state index contributed by atoms with van der Waals surface area (Å²) in [5.74, 6) is 0.228. The van der Waals surface area contributed by atoms with Gasteiger partial charge in [-0.25, -0.2) is 0 Å². The van der Waals surface area contributed by atoms with Gasteiger partial charge in [0.2, 0.25) is 11.8 Å². The second-order valence-electron chi connectivity index (χ2n) is 6.75. The van der Waals surface area contributed by atoms with E-state index in [4.69, 9.17) is 10.5 Å². The number of carbonyl (C=O) groups excluding carboxylic acids is 2. The van der Waals surface area contributed by atoms with Crippen LogP contribution in [-0.2, 0) is 14.3 Å². The van der Waals surface area contributed by atoms with Gasteiger partial charge in [0.25, 0.3) is 0 Å². The van der Waals surface area contributed by atoms with Crippen molar-refractivity contribution < 1.29 is 14.3 Å². The molecule has 5 nitrogen and oxygen atoms in total. The summed E-state index contributed by atoms with van der Waals surface area (Å²) in [6.45, 7) is 1.38.